The Labute approximate surface area is 409 Å². The lowest BCUT2D eigenvalue weighted by molar-refractivity contribution is -0.128. The highest BCUT2D eigenvalue weighted by atomic mass is 35.5. The Balaban J connectivity index is 0.936. The molecule has 0 aliphatic carbocycles. The second-order valence-corrected chi connectivity index (χ2v) is 18.3. The second-order valence-electron chi connectivity index (χ2n) is 17.9. The summed E-state index contributed by atoms with van der Waals surface area (Å²) in [5.74, 6) is 0.394. The summed E-state index contributed by atoms with van der Waals surface area (Å²) in [6.45, 7) is 8.31. The highest BCUT2D eigenvalue weighted by Crippen LogP contribution is 2.40. The molecule has 6 aromatic rings. The van der Waals surface area contributed by atoms with E-state index in [0.717, 1.165) is 46.4 Å². The number of piperazine rings is 1. The lowest BCUT2D eigenvalue weighted by Crippen LogP contribution is -2.55. The lowest BCUT2D eigenvalue weighted by Gasteiger charge is -2.42. The Morgan fingerprint density at radius 3 is 2.49 bits per heavy atom. The van der Waals surface area contributed by atoms with Gasteiger partial charge in [-0.3, -0.25) is 9.69 Å². The summed E-state index contributed by atoms with van der Waals surface area (Å²) in [5, 5.41) is 64.8. The van der Waals surface area contributed by atoms with Gasteiger partial charge in [0, 0.05) is 61.0 Å². The molecule has 2 saturated heterocycles. The van der Waals surface area contributed by atoms with Gasteiger partial charge in [0.25, 0.3) is 0 Å². The number of benzene rings is 4. The van der Waals surface area contributed by atoms with Crippen molar-refractivity contribution < 1.29 is 34.8 Å². The maximum atomic E-state index is 12.8. The van der Waals surface area contributed by atoms with Gasteiger partial charge in [-0.15, -0.1) is 5.10 Å². The number of fused-ring (bicyclic) bond motifs is 2. The first-order valence-electron chi connectivity index (χ1n) is 23.4. The smallest absolute Gasteiger partial charge is 0.405 e. The van der Waals surface area contributed by atoms with E-state index in [1.165, 1.54) is 16.7 Å². The van der Waals surface area contributed by atoms with Gasteiger partial charge in [0.1, 0.15) is 23.9 Å². The number of halogens is 1. The number of anilines is 2. The highest BCUT2D eigenvalue weighted by molar-refractivity contribution is 6.36. The number of amides is 2. The SMILES string of the molecule is C=CC(=O)N1CCN(c2nc(OC[C@@H]3CC[C@H](CC(NC(=O)O)c4ccc(-n5c(O)nnc5-c5cc(CC)c(O)cc5O)cc4)N3C)nc3c2CCN(c2cccc4cccc(Cl)c24)C3)CC1CC#N. The maximum Gasteiger partial charge on any atom is 0.405 e. The van der Waals surface area contributed by atoms with Gasteiger partial charge < -0.3 is 45.2 Å². The number of carbonyl (C=O) groups excluding carboxylic acids is 1. The Bertz CT molecular complexity index is 2990. The minimum Gasteiger partial charge on any atom is -0.508 e. The number of phenols is 2. The fourth-order valence-corrected chi connectivity index (χ4v) is 10.5. The molecule has 3 aliphatic rings. The van der Waals surface area contributed by atoms with Gasteiger partial charge in [-0.2, -0.15) is 15.2 Å². The summed E-state index contributed by atoms with van der Waals surface area (Å²) in [5.41, 5.74) is 4.86. The standard InChI is InChI=1S/C51H54ClN11O7/c1-4-30-24-38(44(65)26-43(30)64)48-57-58-50(67)63(48)33-14-12-31(13-15-33)40(55-51(68)69)25-34-16-17-36(59(34)3)29-70-49-54-41-28-60(42-11-7-9-32-8-6-10-39(52)46(32)42)21-19-37(41)47(56-49)61-22-23-62(45(66)5-2)35(27-61)18-20-53/h5-15,24,26,34-36,40,55,64-65H,2,4,16-19,21-23,25,27-29H2,1,3H3,(H,58,67)(H,68,69)/t34-,35?,36+,40?/m1/s1. The molecule has 2 amide bonds. The fraction of sp³-hybridized carbons (Fsp3) is 0.353. The fourth-order valence-electron chi connectivity index (χ4n) is 10.3. The number of carboxylic acid groups (broad SMARTS) is 1. The number of nitrogens with one attached hydrogen (secondary N) is 1. The molecule has 3 aliphatic heterocycles. The van der Waals surface area contributed by atoms with Crippen molar-refractivity contribution in [3.05, 3.63) is 113 Å². The van der Waals surface area contributed by atoms with Gasteiger partial charge >= 0.3 is 18.1 Å². The molecule has 9 rings (SSSR count). The van der Waals surface area contributed by atoms with Crippen LogP contribution in [0.2, 0.25) is 5.02 Å². The Kier molecular flexibility index (Phi) is 13.7. The third-order valence-electron chi connectivity index (χ3n) is 14.0. The van der Waals surface area contributed by atoms with Gasteiger partial charge in [-0.1, -0.05) is 66.6 Å². The van der Waals surface area contributed by atoms with Crippen molar-refractivity contribution >= 4 is 45.9 Å². The van der Waals surface area contributed by atoms with Crippen LogP contribution in [-0.4, -0.2) is 125 Å². The molecule has 4 aromatic carbocycles. The number of aryl methyl sites for hydroxylation is 1. The molecule has 2 fully saturated rings. The Morgan fingerprint density at radius 2 is 1.74 bits per heavy atom. The molecule has 18 nitrogen and oxygen atoms in total. The van der Waals surface area contributed by atoms with Gasteiger partial charge in [0.2, 0.25) is 5.91 Å². The van der Waals surface area contributed by atoms with Crippen LogP contribution in [0, 0.1) is 11.3 Å². The van der Waals surface area contributed by atoms with Crippen LogP contribution in [0.25, 0.3) is 27.8 Å². The number of aromatic hydroxyl groups is 3. The monoisotopic (exact) mass is 967 g/mol. The van der Waals surface area contributed by atoms with Gasteiger partial charge in [-0.05, 0) is 92.1 Å². The lowest BCUT2D eigenvalue weighted by atomic mass is 9.97. The molecule has 5 N–H and O–H groups in total. The van der Waals surface area contributed by atoms with Crippen molar-refractivity contribution in [1.82, 2.24) is 39.8 Å². The summed E-state index contributed by atoms with van der Waals surface area (Å²) in [4.78, 5) is 43.5. The van der Waals surface area contributed by atoms with Crippen molar-refractivity contribution in [1.29, 1.82) is 5.26 Å². The topological polar surface area (TPSA) is 230 Å². The van der Waals surface area contributed by atoms with Crippen LogP contribution in [0.1, 0.15) is 61.0 Å². The number of rotatable bonds is 14. The Hall–Kier alpha value is -7.62. The largest absolute Gasteiger partial charge is 0.508 e. The first kappa shape index (κ1) is 47.4. The first-order valence-corrected chi connectivity index (χ1v) is 23.7. The predicted octanol–water partition coefficient (Wildman–Crippen LogP) is 7.13. The molecule has 0 radical (unpaired) electrons. The molecule has 19 heteroatoms. The van der Waals surface area contributed by atoms with Crippen molar-refractivity contribution in [2.75, 3.05) is 49.6 Å². The zero-order valence-corrected chi connectivity index (χ0v) is 39.6. The van der Waals surface area contributed by atoms with Crippen LogP contribution in [0.15, 0.2) is 85.5 Å². The average molecular weight is 969 g/mol. The Morgan fingerprint density at radius 1 is 0.971 bits per heavy atom. The number of nitriles is 1. The number of likely N-dealkylation sites (tertiary alicyclic amines) is 1. The summed E-state index contributed by atoms with van der Waals surface area (Å²) < 4.78 is 7.91. The van der Waals surface area contributed by atoms with E-state index < -0.39 is 18.1 Å². The third-order valence-corrected chi connectivity index (χ3v) is 14.3. The minimum absolute atomic E-state index is 0.0171. The number of aromatic nitrogens is 5. The molecule has 2 unspecified atom stereocenters. The molecule has 0 bridgehead atoms. The van der Waals surface area contributed by atoms with Crippen LogP contribution < -0.4 is 19.9 Å². The van der Waals surface area contributed by atoms with Crippen molar-refractivity contribution in [3.63, 3.8) is 0 Å². The van der Waals surface area contributed by atoms with E-state index in [9.17, 15) is 35.3 Å². The molecular weight excluding hydrogens is 914 g/mol. The first-order chi connectivity index (χ1) is 33.8. The molecule has 0 saturated carbocycles. The van der Waals surface area contributed by atoms with Gasteiger partial charge in [0.05, 0.1) is 53.1 Å². The molecule has 2 aromatic heterocycles. The number of phenolic OH excluding ortho intramolecular Hbond substituents is 2. The number of hydrogen-bond acceptors (Lipinski definition) is 14. The van der Waals surface area contributed by atoms with Crippen LogP contribution in [0.5, 0.6) is 23.5 Å². The third kappa shape index (κ3) is 9.41. The molecule has 362 valence electrons. The van der Waals surface area contributed by atoms with Crippen molar-refractivity contribution in [2.24, 2.45) is 0 Å². The number of likely N-dealkylation sites (N-methyl/N-ethyl adjacent to an activating group) is 1. The van der Waals surface area contributed by atoms with Gasteiger partial charge in [0.15, 0.2) is 5.82 Å². The van der Waals surface area contributed by atoms with Gasteiger partial charge in [-0.25, -0.2) is 9.36 Å². The van der Waals surface area contributed by atoms with E-state index in [4.69, 9.17) is 26.3 Å². The quantitative estimate of drug-likeness (QED) is 0.0684. The predicted molar refractivity (Wildman–Crippen MR) is 264 cm³/mol. The highest BCUT2D eigenvalue weighted by Gasteiger charge is 2.36. The summed E-state index contributed by atoms with van der Waals surface area (Å²) in [6.07, 6.45) is 3.44. The molecule has 4 atom stereocenters. The van der Waals surface area contributed by atoms with Crippen LogP contribution in [0.3, 0.4) is 0 Å². The second kappa shape index (κ2) is 20.2. The van der Waals surface area contributed by atoms with E-state index in [2.05, 4.69) is 48.9 Å². The molecule has 0 spiro atoms. The number of hydrogen-bond donors (Lipinski definition) is 5. The van der Waals surface area contributed by atoms with Crippen molar-refractivity contribution in [2.45, 2.75) is 76.2 Å². The molecule has 70 heavy (non-hydrogen) atoms. The van der Waals surface area contributed by atoms with Crippen LogP contribution in [-0.2, 0) is 24.2 Å². The average Bonchev–Trinajstić information content (AvgIpc) is 3.92. The maximum absolute atomic E-state index is 12.8. The number of nitrogens with zero attached hydrogens (tertiary/aromatic N) is 10. The van der Waals surface area contributed by atoms with E-state index in [1.807, 2.05) is 44.3 Å². The zero-order chi connectivity index (χ0) is 49.2. The minimum atomic E-state index is -1.17. The molecular formula is C51H54ClN11O7. The summed E-state index contributed by atoms with van der Waals surface area (Å²) in [7, 11) is 2.01. The van der Waals surface area contributed by atoms with E-state index >= 15 is 0 Å². The number of carbonyl (C=O) groups is 2. The summed E-state index contributed by atoms with van der Waals surface area (Å²) >= 11 is 6.80. The normalized spacial score (nSPS) is 18.6. The van der Waals surface area contributed by atoms with Crippen molar-refractivity contribution in [3.8, 4) is 46.7 Å². The van der Waals surface area contributed by atoms with Crippen LogP contribution >= 0.6 is 11.6 Å². The van der Waals surface area contributed by atoms with Crippen LogP contribution in [0.4, 0.5) is 16.3 Å². The van der Waals surface area contributed by atoms with E-state index in [1.54, 1.807) is 35.2 Å². The molecule has 5 heterocycles. The van der Waals surface area contributed by atoms with E-state index in [-0.39, 0.29) is 66.0 Å². The zero-order valence-electron chi connectivity index (χ0n) is 38.9. The van der Waals surface area contributed by atoms with E-state index in [0.29, 0.717) is 73.8 Å². The number of ether oxygens (including phenoxy) is 1. The summed E-state index contributed by atoms with van der Waals surface area (Å²) in [6, 6.07) is 23.0.